The van der Waals surface area contributed by atoms with Crippen LogP contribution in [0.1, 0.15) is 19.8 Å². The monoisotopic (exact) mass is 168 g/mol. The molecule has 12 heavy (non-hydrogen) atoms. The summed E-state index contributed by atoms with van der Waals surface area (Å²) in [5, 5.41) is 11.6. The van der Waals surface area contributed by atoms with Gasteiger partial charge in [0.05, 0.1) is 5.71 Å². The van der Waals surface area contributed by atoms with E-state index in [0.29, 0.717) is 0 Å². The van der Waals surface area contributed by atoms with E-state index < -0.39 is 0 Å². The smallest absolute Gasteiger partial charge is 0.0580 e. The van der Waals surface area contributed by atoms with E-state index >= 15 is 0 Å². The summed E-state index contributed by atoms with van der Waals surface area (Å²) in [6, 6.07) is 0. The predicted molar refractivity (Wildman–Crippen MR) is 49.7 cm³/mol. The number of hydrogen-bond donors (Lipinski definition) is 1. The molecule has 1 aliphatic heterocycles. The topological polar surface area (TPSA) is 35.8 Å². The van der Waals surface area contributed by atoms with E-state index in [1.54, 1.807) is 0 Å². The van der Waals surface area contributed by atoms with Gasteiger partial charge in [0.2, 0.25) is 0 Å². The first-order chi connectivity index (χ1) is 5.72. The van der Waals surface area contributed by atoms with Gasteiger partial charge in [0.15, 0.2) is 0 Å². The number of nitrogens with zero attached hydrogens (tertiary/aromatic N) is 2. The summed E-state index contributed by atoms with van der Waals surface area (Å²) in [4.78, 5) is 2.28. The molecule has 0 atom stereocenters. The Labute approximate surface area is 73.4 Å². The Bertz CT molecular complexity index is 209. The van der Waals surface area contributed by atoms with Gasteiger partial charge in [-0.1, -0.05) is 16.8 Å². The molecule has 0 aromatic rings. The summed E-state index contributed by atoms with van der Waals surface area (Å²) in [7, 11) is 2.11. The van der Waals surface area contributed by atoms with E-state index in [1.807, 2.05) is 6.92 Å². The average molecular weight is 168 g/mol. The van der Waals surface area contributed by atoms with Crippen LogP contribution in [-0.4, -0.2) is 36.0 Å². The molecular weight excluding hydrogens is 152 g/mol. The lowest BCUT2D eigenvalue weighted by Crippen LogP contribution is -2.26. The molecule has 0 aromatic heterocycles. The number of likely N-dealkylation sites (N-methyl/N-ethyl adjacent to an activating group) is 1. The van der Waals surface area contributed by atoms with Crippen molar-refractivity contribution in [2.45, 2.75) is 19.8 Å². The lowest BCUT2D eigenvalue weighted by atomic mass is 10.1. The van der Waals surface area contributed by atoms with Gasteiger partial charge in [0.25, 0.3) is 0 Å². The largest absolute Gasteiger partial charge is 0.411 e. The van der Waals surface area contributed by atoms with Crippen LogP contribution in [0.15, 0.2) is 16.8 Å². The van der Waals surface area contributed by atoms with Crippen LogP contribution in [-0.2, 0) is 0 Å². The van der Waals surface area contributed by atoms with Crippen LogP contribution < -0.4 is 0 Å². The molecule has 0 spiro atoms. The average Bonchev–Trinajstić information content (AvgIpc) is 2.04. The lowest BCUT2D eigenvalue weighted by Gasteiger charge is -2.22. The van der Waals surface area contributed by atoms with Gasteiger partial charge in [0.1, 0.15) is 0 Å². The van der Waals surface area contributed by atoms with Gasteiger partial charge in [-0.05, 0) is 20.4 Å². The minimum Gasteiger partial charge on any atom is -0.411 e. The predicted octanol–water partition coefficient (Wildman–Crippen LogP) is 1.49. The molecule has 3 heteroatoms. The Morgan fingerprint density at radius 3 is 3.08 bits per heavy atom. The van der Waals surface area contributed by atoms with E-state index in [-0.39, 0.29) is 0 Å². The fraction of sp³-hybridized carbons (Fsp3) is 0.667. The van der Waals surface area contributed by atoms with E-state index in [9.17, 15) is 0 Å². The van der Waals surface area contributed by atoms with Gasteiger partial charge in [-0.3, -0.25) is 0 Å². The minimum absolute atomic E-state index is 0.788. The maximum Gasteiger partial charge on any atom is 0.0580 e. The summed E-state index contributed by atoms with van der Waals surface area (Å²) in [6.07, 6.45) is 4.17. The molecule has 0 amide bonds. The molecule has 0 saturated heterocycles. The molecular formula is C9H16N2O. The standard InChI is InChI=1S/C9H16N2O/c1-8(10-12)6-9-4-3-5-11(2)7-9/h4,12H,3,5-7H2,1-2H3/b10-8+. The highest BCUT2D eigenvalue weighted by Gasteiger charge is 2.08. The molecule has 3 nitrogen and oxygen atoms in total. The minimum atomic E-state index is 0.788. The maximum atomic E-state index is 8.48. The third kappa shape index (κ3) is 2.66. The van der Waals surface area contributed by atoms with Gasteiger partial charge >= 0.3 is 0 Å². The van der Waals surface area contributed by atoms with Gasteiger partial charge in [-0.15, -0.1) is 0 Å². The number of oxime groups is 1. The quantitative estimate of drug-likeness (QED) is 0.293. The van der Waals surface area contributed by atoms with Crippen molar-refractivity contribution in [1.29, 1.82) is 0 Å². The maximum absolute atomic E-state index is 8.48. The van der Waals surface area contributed by atoms with Crippen molar-refractivity contribution >= 4 is 5.71 Å². The molecule has 0 saturated carbocycles. The van der Waals surface area contributed by atoms with Crippen molar-refractivity contribution in [2.75, 3.05) is 20.1 Å². The third-order valence-corrected chi connectivity index (χ3v) is 2.07. The summed E-state index contributed by atoms with van der Waals surface area (Å²) in [6.45, 7) is 3.99. The lowest BCUT2D eigenvalue weighted by molar-refractivity contribution is 0.316. The highest BCUT2D eigenvalue weighted by atomic mass is 16.4. The molecule has 1 N–H and O–H groups in total. The van der Waals surface area contributed by atoms with Gasteiger partial charge in [0, 0.05) is 19.5 Å². The molecule has 0 fully saturated rings. The first-order valence-corrected chi connectivity index (χ1v) is 4.26. The SMILES string of the molecule is C/C(CC1=CCCN(C)C1)=N\O. The van der Waals surface area contributed by atoms with Gasteiger partial charge in [-0.2, -0.15) is 0 Å². The van der Waals surface area contributed by atoms with Crippen molar-refractivity contribution < 1.29 is 5.21 Å². The molecule has 68 valence electrons. The van der Waals surface area contributed by atoms with Crippen molar-refractivity contribution in [1.82, 2.24) is 4.90 Å². The number of rotatable bonds is 2. The van der Waals surface area contributed by atoms with Crippen LogP contribution in [0.3, 0.4) is 0 Å². The summed E-state index contributed by atoms with van der Waals surface area (Å²) in [5.74, 6) is 0. The number of hydrogen-bond acceptors (Lipinski definition) is 3. The van der Waals surface area contributed by atoms with Crippen LogP contribution in [0, 0.1) is 0 Å². The zero-order valence-corrected chi connectivity index (χ0v) is 7.75. The first kappa shape index (κ1) is 9.26. The van der Waals surface area contributed by atoms with Crippen LogP contribution in [0.2, 0.25) is 0 Å². The van der Waals surface area contributed by atoms with Crippen molar-refractivity contribution in [3.05, 3.63) is 11.6 Å². The fourth-order valence-electron chi connectivity index (χ4n) is 1.47. The van der Waals surface area contributed by atoms with E-state index in [2.05, 4.69) is 23.2 Å². The van der Waals surface area contributed by atoms with Crippen LogP contribution >= 0.6 is 0 Å². The Morgan fingerprint density at radius 1 is 1.75 bits per heavy atom. The normalized spacial score (nSPS) is 20.8. The Hall–Kier alpha value is -0.830. The second-order valence-electron chi connectivity index (χ2n) is 3.40. The molecule has 1 rings (SSSR count). The fourth-order valence-corrected chi connectivity index (χ4v) is 1.47. The highest BCUT2D eigenvalue weighted by molar-refractivity contribution is 5.83. The van der Waals surface area contributed by atoms with Crippen molar-refractivity contribution in [2.24, 2.45) is 5.16 Å². The van der Waals surface area contributed by atoms with Gasteiger partial charge in [-0.25, -0.2) is 0 Å². The van der Waals surface area contributed by atoms with E-state index in [0.717, 1.165) is 31.6 Å². The molecule has 0 aliphatic carbocycles. The van der Waals surface area contributed by atoms with Crippen LogP contribution in [0.25, 0.3) is 0 Å². The summed E-state index contributed by atoms with van der Waals surface area (Å²) in [5.41, 5.74) is 2.15. The van der Waals surface area contributed by atoms with Crippen LogP contribution in [0.5, 0.6) is 0 Å². The van der Waals surface area contributed by atoms with Crippen molar-refractivity contribution in [3.63, 3.8) is 0 Å². The molecule has 0 aromatic carbocycles. The Morgan fingerprint density at radius 2 is 2.50 bits per heavy atom. The van der Waals surface area contributed by atoms with Crippen LogP contribution in [0.4, 0.5) is 0 Å². The molecule has 1 heterocycles. The second-order valence-corrected chi connectivity index (χ2v) is 3.40. The zero-order valence-electron chi connectivity index (χ0n) is 7.75. The third-order valence-electron chi connectivity index (χ3n) is 2.07. The second kappa shape index (κ2) is 4.26. The zero-order chi connectivity index (χ0) is 8.97. The van der Waals surface area contributed by atoms with E-state index in [1.165, 1.54) is 5.57 Å². The van der Waals surface area contributed by atoms with E-state index in [4.69, 9.17) is 5.21 Å². The Kier molecular flexibility index (Phi) is 3.29. The summed E-state index contributed by atoms with van der Waals surface area (Å²) < 4.78 is 0. The first-order valence-electron chi connectivity index (χ1n) is 4.26. The summed E-state index contributed by atoms with van der Waals surface area (Å²) >= 11 is 0. The van der Waals surface area contributed by atoms with Gasteiger partial charge < -0.3 is 10.1 Å². The molecule has 0 radical (unpaired) electrons. The Balaban J connectivity index is 2.47. The molecule has 1 aliphatic rings. The molecule has 0 unspecified atom stereocenters. The highest BCUT2D eigenvalue weighted by Crippen LogP contribution is 2.11. The molecule has 0 bridgehead atoms. The van der Waals surface area contributed by atoms with Crippen molar-refractivity contribution in [3.8, 4) is 0 Å².